The fraction of sp³-hybridized carbons (Fsp3) is 0.125. The first-order valence-electron chi connectivity index (χ1n) is 9.89. The SMILES string of the molecule is CCOc1ccccc1NC(=O)[C@@H](OC(=O)c1n[nH]c2ccccc12)c1ccccc1. The van der Waals surface area contributed by atoms with E-state index in [0.717, 1.165) is 0 Å². The highest BCUT2D eigenvalue weighted by molar-refractivity contribution is 6.04. The molecule has 1 atom stereocenters. The molecular formula is C24H21N3O4. The Morgan fingerprint density at radius 3 is 2.48 bits per heavy atom. The number of carbonyl (C=O) groups is 2. The Morgan fingerprint density at radius 2 is 1.68 bits per heavy atom. The van der Waals surface area contributed by atoms with Crippen LogP contribution in [0.5, 0.6) is 5.75 Å². The number of nitrogens with zero attached hydrogens (tertiary/aromatic N) is 1. The molecule has 4 rings (SSSR count). The molecular weight excluding hydrogens is 394 g/mol. The van der Waals surface area contributed by atoms with Crippen molar-refractivity contribution in [2.24, 2.45) is 0 Å². The van der Waals surface area contributed by atoms with Crippen molar-refractivity contribution in [3.8, 4) is 5.75 Å². The number of para-hydroxylation sites is 3. The molecule has 1 aromatic heterocycles. The van der Waals surface area contributed by atoms with Gasteiger partial charge in [-0.3, -0.25) is 9.89 Å². The summed E-state index contributed by atoms with van der Waals surface area (Å²) in [4.78, 5) is 26.1. The van der Waals surface area contributed by atoms with E-state index in [1.807, 2.05) is 31.2 Å². The van der Waals surface area contributed by atoms with E-state index < -0.39 is 18.0 Å². The van der Waals surface area contributed by atoms with E-state index in [1.165, 1.54) is 0 Å². The average Bonchev–Trinajstić information content (AvgIpc) is 3.24. The largest absolute Gasteiger partial charge is 0.492 e. The van der Waals surface area contributed by atoms with Gasteiger partial charge < -0.3 is 14.8 Å². The van der Waals surface area contributed by atoms with Gasteiger partial charge in [-0.25, -0.2) is 4.79 Å². The van der Waals surface area contributed by atoms with Gasteiger partial charge in [0.25, 0.3) is 5.91 Å². The number of H-pyrrole nitrogens is 1. The molecule has 0 fully saturated rings. The van der Waals surface area contributed by atoms with Crippen LogP contribution >= 0.6 is 0 Å². The quantitative estimate of drug-likeness (QED) is 0.434. The number of aromatic nitrogens is 2. The number of carbonyl (C=O) groups excluding carboxylic acids is 2. The second-order valence-electron chi connectivity index (χ2n) is 6.73. The number of amides is 1. The van der Waals surface area contributed by atoms with Gasteiger partial charge in [-0.2, -0.15) is 5.10 Å². The number of aromatic amines is 1. The second-order valence-corrected chi connectivity index (χ2v) is 6.73. The molecule has 7 nitrogen and oxygen atoms in total. The van der Waals surface area contributed by atoms with Gasteiger partial charge in [-0.05, 0) is 25.1 Å². The monoisotopic (exact) mass is 415 g/mol. The summed E-state index contributed by atoms with van der Waals surface area (Å²) < 4.78 is 11.2. The highest BCUT2D eigenvalue weighted by Crippen LogP contribution is 2.27. The molecule has 7 heteroatoms. The number of hydrogen-bond donors (Lipinski definition) is 2. The molecule has 0 spiro atoms. The summed E-state index contributed by atoms with van der Waals surface area (Å²) in [5.74, 6) is -0.652. The van der Waals surface area contributed by atoms with E-state index >= 15 is 0 Å². The van der Waals surface area contributed by atoms with Gasteiger partial charge in [0, 0.05) is 10.9 Å². The minimum Gasteiger partial charge on any atom is -0.492 e. The van der Waals surface area contributed by atoms with Crippen molar-refractivity contribution in [2.75, 3.05) is 11.9 Å². The topological polar surface area (TPSA) is 93.3 Å². The number of fused-ring (bicyclic) bond motifs is 1. The predicted molar refractivity (Wildman–Crippen MR) is 117 cm³/mol. The lowest BCUT2D eigenvalue weighted by Gasteiger charge is -2.19. The summed E-state index contributed by atoms with van der Waals surface area (Å²) in [5, 5.41) is 10.3. The minimum absolute atomic E-state index is 0.124. The van der Waals surface area contributed by atoms with Crippen molar-refractivity contribution in [2.45, 2.75) is 13.0 Å². The van der Waals surface area contributed by atoms with Crippen LogP contribution in [-0.2, 0) is 9.53 Å². The molecule has 0 bridgehead atoms. The van der Waals surface area contributed by atoms with Gasteiger partial charge in [-0.15, -0.1) is 0 Å². The van der Waals surface area contributed by atoms with Crippen LogP contribution in [-0.4, -0.2) is 28.7 Å². The van der Waals surface area contributed by atoms with Crippen molar-refractivity contribution in [3.63, 3.8) is 0 Å². The molecule has 4 aromatic rings. The molecule has 31 heavy (non-hydrogen) atoms. The van der Waals surface area contributed by atoms with Crippen LogP contribution in [0.15, 0.2) is 78.9 Å². The van der Waals surface area contributed by atoms with Crippen LogP contribution in [0.25, 0.3) is 10.9 Å². The lowest BCUT2D eigenvalue weighted by atomic mass is 10.1. The Kier molecular flexibility index (Phi) is 5.93. The summed E-state index contributed by atoms with van der Waals surface area (Å²) in [6, 6.07) is 23.2. The van der Waals surface area contributed by atoms with Crippen molar-refractivity contribution >= 4 is 28.5 Å². The maximum Gasteiger partial charge on any atom is 0.360 e. The number of ether oxygens (including phenoxy) is 2. The highest BCUT2D eigenvalue weighted by atomic mass is 16.5. The Hall–Kier alpha value is -4.13. The molecule has 0 unspecified atom stereocenters. The minimum atomic E-state index is -1.17. The van der Waals surface area contributed by atoms with Gasteiger partial charge >= 0.3 is 5.97 Å². The molecule has 3 aromatic carbocycles. The number of hydrogen-bond acceptors (Lipinski definition) is 5. The van der Waals surface area contributed by atoms with Gasteiger partial charge in [0.05, 0.1) is 17.8 Å². The zero-order valence-electron chi connectivity index (χ0n) is 16.9. The van der Waals surface area contributed by atoms with Gasteiger partial charge in [0.1, 0.15) is 5.75 Å². The maximum atomic E-state index is 13.2. The van der Waals surface area contributed by atoms with Crippen LogP contribution in [0.4, 0.5) is 5.69 Å². The van der Waals surface area contributed by atoms with Crippen LogP contribution in [0.1, 0.15) is 29.1 Å². The summed E-state index contributed by atoms with van der Waals surface area (Å²) in [6.45, 7) is 2.32. The van der Waals surface area contributed by atoms with E-state index in [4.69, 9.17) is 9.47 Å². The van der Waals surface area contributed by atoms with Crippen LogP contribution in [0.2, 0.25) is 0 Å². The smallest absolute Gasteiger partial charge is 0.360 e. The van der Waals surface area contributed by atoms with E-state index in [-0.39, 0.29) is 5.69 Å². The number of esters is 1. The molecule has 0 saturated carbocycles. The normalized spacial score (nSPS) is 11.6. The first-order chi connectivity index (χ1) is 15.2. The number of benzene rings is 3. The third-order valence-electron chi connectivity index (χ3n) is 4.67. The maximum absolute atomic E-state index is 13.2. The molecule has 2 N–H and O–H groups in total. The fourth-order valence-corrected chi connectivity index (χ4v) is 3.23. The van der Waals surface area contributed by atoms with Gasteiger partial charge in [-0.1, -0.05) is 60.7 Å². The Morgan fingerprint density at radius 1 is 0.968 bits per heavy atom. The highest BCUT2D eigenvalue weighted by Gasteiger charge is 2.28. The molecule has 1 amide bonds. The van der Waals surface area contributed by atoms with E-state index in [0.29, 0.717) is 34.5 Å². The zero-order chi connectivity index (χ0) is 21.6. The summed E-state index contributed by atoms with van der Waals surface area (Å²) in [7, 11) is 0. The van der Waals surface area contributed by atoms with Crippen molar-refractivity contribution in [1.82, 2.24) is 10.2 Å². The lowest BCUT2D eigenvalue weighted by molar-refractivity contribution is -0.125. The molecule has 0 radical (unpaired) electrons. The van der Waals surface area contributed by atoms with Crippen LogP contribution < -0.4 is 10.1 Å². The molecule has 0 aliphatic rings. The third-order valence-corrected chi connectivity index (χ3v) is 4.67. The molecule has 1 heterocycles. The average molecular weight is 415 g/mol. The van der Waals surface area contributed by atoms with Crippen LogP contribution in [0.3, 0.4) is 0 Å². The van der Waals surface area contributed by atoms with Crippen LogP contribution in [0, 0.1) is 0 Å². The summed E-state index contributed by atoms with van der Waals surface area (Å²) >= 11 is 0. The molecule has 0 saturated heterocycles. The first-order valence-corrected chi connectivity index (χ1v) is 9.89. The Balaban J connectivity index is 1.62. The molecule has 0 aliphatic heterocycles. The molecule has 0 aliphatic carbocycles. The van der Waals surface area contributed by atoms with Crippen molar-refractivity contribution in [3.05, 3.63) is 90.1 Å². The molecule has 156 valence electrons. The predicted octanol–water partition coefficient (Wildman–Crippen LogP) is 4.50. The fourth-order valence-electron chi connectivity index (χ4n) is 3.23. The van der Waals surface area contributed by atoms with Crippen molar-refractivity contribution in [1.29, 1.82) is 0 Å². The number of rotatable bonds is 7. The number of anilines is 1. The van der Waals surface area contributed by atoms with E-state index in [9.17, 15) is 9.59 Å². The number of nitrogens with one attached hydrogen (secondary N) is 2. The van der Waals surface area contributed by atoms with Crippen molar-refractivity contribution < 1.29 is 19.1 Å². The summed E-state index contributed by atoms with van der Waals surface area (Å²) in [5.41, 5.74) is 1.87. The first kappa shape index (κ1) is 20.2. The Bertz CT molecular complexity index is 1200. The Labute approximate surface area is 179 Å². The van der Waals surface area contributed by atoms with E-state index in [1.54, 1.807) is 54.6 Å². The van der Waals surface area contributed by atoms with E-state index in [2.05, 4.69) is 15.5 Å². The standard InChI is InChI=1S/C24H21N3O4/c1-2-30-20-15-9-8-14-19(20)25-23(28)22(16-10-4-3-5-11-16)31-24(29)21-17-12-6-7-13-18(17)26-27-21/h3-15,22H,2H2,1H3,(H,25,28)(H,26,27)/t22-/m0/s1. The third kappa shape index (κ3) is 4.40. The second kappa shape index (κ2) is 9.13. The lowest BCUT2D eigenvalue weighted by Crippen LogP contribution is -2.26. The van der Waals surface area contributed by atoms with Gasteiger partial charge in [0.2, 0.25) is 6.10 Å². The van der Waals surface area contributed by atoms with Gasteiger partial charge in [0.15, 0.2) is 5.69 Å². The summed E-state index contributed by atoms with van der Waals surface area (Å²) in [6.07, 6.45) is -1.17. The zero-order valence-corrected chi connectivity index (χ0v) is 16.9.